The van der Waals surface area contributed by atoms with Crippen molar-refractivity contribution in [2.75, 3.05) is 6.61 Å². The number of carbonyl (C=O) groups is 1. The molecule has 0 aliphatic carbocycles. The van der Waals surface area contributed by atoms with Crippen LogP contribution in [0.1, 0.15) is 26.7 Å². The summed E-state index contributed by atoms with van der Waals surface area (Å²) < 4.78 is 10.9. The lowest BCUT2D eigenvalue weighted by atomic mass is 9.94. The Labute approximate surface area is 124 Å². The van der Waals surface area contributed by atoms with Crippen molar-refractivity contribution in [3.63, 3.8) is 0 Å². The molecule has 0 fully saturated rings. The van der Waals surface area contributed by atoms with Gasteiger partial charge in [0.15, 0.2) is 0 Å². The number of hydrogen-bond donors (Lipinski definition) is 0. The summed E-state index contributed by atoms with van der Waals surface area (Å²) >= 11 is 3.37. The first-order valence-corrected chi connectivity index (χ1v) is 6.88. The van der Waals surface area contributed by atoms with Crippen LogP contribution in [0.5, 0.6) is 0 Å². The molecular weight excluding hydrogens is 326 g/mol. The van der Waals surface area contributed by atoms with E-state index in [-0.39, 0.29) is 5.89 Å². The number of pyridine rings is 1. The number of rotatable bonds is 4. The highest BCUT2D eigenvalue weighted by Crippen LogP contribution is 2.28. The Kier molecular flexibility index (Phi) is 4.17. The molecule has 0 unspecified atom stereocenters. The second kappa shape index (κ2) is 5.70. The minimum absolute atomic E-state index is 0.198. The van der Waals surface area contributed by atoms with Gasteiger partial charge in [-0.15, -0.1) is 0 Å². The van der Waals surface area contributed by atoms with Crippen molar-refractivity contribution in [1.82, 2.24) is 15.1 Å². The largest absolute Gasteiger partial charge is 0.465 e. The Morgan fingerprint density at radius 1 is 1.50 bits per heavy atom. The summed E-state index contributed by atoms with van der Waals surface area (Å²) in [6, 6.07) is 3.62. The highest BCUT2D eigenvalue weighted by molar-refractivity contribution is 9.10. The normalized spacial score (nSPS) is 11.4. The Balaban J connectivity index is 2.34. The zero-order chi connectivity index (χ0) is 14.8. The van der Waals surface area contributed by atoms with Gasteiger partial charge in [-0.3, -0.25) is 9.78 Å². The van der Waals surface area contributed by atoms with E-state index in [4.69, 9.17) is 9.26 Å². The van der Waals surface area contributed by atoms with Crippen molar-refractivity contribution in [1.29, 1.82) is 0 Å². The Hall–Kier alpha value is -1.76. The lowest BCUT2D eigenvalue weighted by Crippen LogP contribution is -2.31. The van der Waals surface area contributed by atoms with Gasteiger partial charge in [0.2, 0.25) is 11.7 Å². The molecule has 2 rings (SSSR count). The molecular formula is C13H14BrN3O3. The summed E-state index contributed by atoms with van der Waals surface area (Å²) in [5.74, 6) is 0.114. The van der Waals surface area contributed by atoms with E-state index in [9.17, 15) is 4.79 Å². The minimum atomic E-state index is -0.998. The van der Waals surface area contributed by atoms with Crippen LogP contribution in [-0.4, -0.2) is 27.7 Å². The quantitative estimate of drug-likeness (QED) is 0.797. The molecule has 0 amide bonds. The van der Waals surface area contributed by atoms with Gasteiger partial charge in [-0.1, -0.05) is 5.16 Å². The second-order valence-electron chi connectivity index (χ2n) is 4.60. The molecule has 0 saturated heterocycles. The van der Waals surface area contributed by atoms with Crippen LogP contribution in [0.4, 0.5) is 0 Å². The number of esters is 1. The summed E-state index contributed by atoms with van der Waals surface area (Å²) in [6.07, 6.45) is 1.63. The van der Waals surface area contributed by atoms with Gasteiger partial charge in [-0.05, 0) is 48.8 Å². The smallest absolute Gasteiger partial charge is 0.321 e. The van der Waals surface area contributed by atoms with Gasteiger partial charge in [0.25, 0.3) is 0 Å². The van der Waals surface area contributed by atoms with Crippen LogP contribution in [0.25, 0.3) is 11.5 Å². The molecule has 0 aliphatic rings. The molecule has 6 nitrogen and oxygen atoms in total. The van der Waals surface area contributed by atoms with Gasteiger partial charge in [-0.25, -0.2) is 0 Å². The second-order valence-corrected chi connectivity index (χ2v) is 5.46. The monoisotopic (exact) mass is 339 g/mol. The van der Waals surface area contributed by atoms with Crippen LogP contribution in [0.3, 0.4) is 0 Å². The highest BCUT2D eigenvalue weighted by Gasteiger charge is 2.37. The molecule has 20 heavy (non-hydrogen) atoms. The van der Waals surface area contributed by atoms with E-state index in [1.165, 1.54) is 0 Å². The van der Waals surface area contributed by atoms with Crippen molar-refractivity contribution in [2.24, 2.45) is 0 Å². The fourth-order valence-corrected chi connectivity index (χ4v) is 1.95. The van der Waals surface area contributed by atoms with Gasteiger partial charge >= 0.3 is 5.97 Å². The number of aromatic nitrogens is 3. The molecule has 0 aromatic carbocycles. The average Bonchev–Trinajstić information content (AvgIpc) is 2.89. The third kappa shape index (κ3) is 2.72. The van der Waals surface area contributed by atoms with E-state index in [0.29, 0.717) is 18.1 Å². The van der Waals surface area contributed by atoms with Crippen LogP contribution in [0.15, 0.2) is 27.3 Å². The lowest BCUT2D eigenvalue weighted by Gasteiger charge is -2.16. The highest BCUT2D eigenvalue weighted by atomic mass is 79.9. The summed E-state index contributed by atoms with van der Waals surface area (Å²) in [5.41, 5.74) is -0.440. The molecule has 0 saturated carbocycles. The maximum atomic E-state index is 11.9. The molecule has 2 aromatic heterocycles. The van der Waals surface area contributed by atoms with E-state index in [0.717, 1.165) is 4.47 Å². The van der Waals surface area contributed by atoms with E-state index in [1.54, 1.807) is 33.0 Å². The van der Waals surface area contributed by atoms with Gasteiger partial charge in [0.05, 0.1) is 6.61 Å². The summed E-state index contributed by atoms with van der Waals surface area (Å²) in [4.78, 5) is 20.3. The van der Waals surface area contributed by atoms with E-state index in [2.05, 4.69) is 31.1 Å². The first kappa shape index (κ1) is 14.6. The maximum Gasteiger partial charge on any atom is 0.321 e. The van der Waals surface area contributed by atoms with Crippen molar-refractivity contribution in [2.45, 2.75) is 26.2 Å². The summed E-state index contributed by atoms with van der Waals surface area (Å²) in [7, 11) is 0. The minimum Gasteiger partial charge on any atom is -0.465 e. The summed E-state index contributed by atoms with van der Waals surface area (Å²) in [5, 5.41) is 3.87. The molecule has 0 aliphatic heterocycles. The molecule has 0 bridgehead atoms. The van der Waals surface area contributed by atoms with Crippen LogP contribution in [0, 0.1) is 0 Å². The van der Waals surface area contributed by atoms with E-state index in [1.807, 2.05) is 6.07 Å². The van der Waals surface area contributed by atoms with Crippen LogP contribution in [-0.2, 0) is 14.9 Å². The van der Waals surface area contributed by atoms with Gasteiger partial charge in [-0.2, -0.15) is 4.98 Å². The van der Waals surface area contributed by atoms with Crippen LogP contribution < -0.4 is 0 Å². The van der Waals surface area contributed by atoms with Gasteiger partial charge in [0.1, 0.15) is 11.1 Å². The number of nitrogens with zero attached hydrogens (tertiary/aromatic N) is 3. The molecule has 2 aromatic rings. The lowest BCUT2D eigenvalue weighted by molar-refractivity contribution is -0.149. The Bertz CT molecular complexity index is 625. The standard InChI is InChI=1S/C13H14BrN3O3/c1-4-19-12(18)13(2,3)11-16-10(17-20-11)9-8(14)6-5-7-15-9/h5-7H,4H2,1-3H3. The third-order valence-corrected chi connectivity index (χ3v) is 3.36. The molecule has 0 N–H and O–H groups in total. The molecule has 0 spiro atoms. The molecule has 0 radical (unpaired) electrons. The average molecular weight is 340 g/mol. The Morgan fingerprint density at radius 3 is 2.90 bits per heavy atom. The first-order valence-electron chi connectivity index (χ1n) is 6.09. The SMILES string of the molecule is CCOC(=O)C(C)(C)c1nc(-c2ncccc2Br)no1. The van der Waals surface area contributed by atoms with E-state index >= 15 is 0 Å². The summed E-state index contributed by atoms with van der Waals surface area (Å²) in [6.45, 7) is 5.40. The Morgan fingerprint density at radius 2 is 2.25 bits per heavy atom. The van der Waals surface area contributed by atoms with E-state index < -0.39 is 11.4 Å². The van der Waals surface area contributed by atoms with Crippen LogP contribution >= 0.6 is 15.9 Å². The zero-order valence-corrected chi connectivity index (χ0v) is 13.0. The van der Waals surface area contributed by atoms with Crippen molar-refractivity contribution in [3.8, 4) is 11.5 Å². The fraction of sp³-hybridized carbons (Fsp3) is 0.385. The van der Waals surface area contributed by atoms with Crippen molar-refractivity contribution < 1.29 is 14.1 Å². The van der Waals surface area contributed by atoms with Crippen molar-refractivity contribution in [3.05, 3.63) is 28.7 Å². The third-order valence-electron chi connectivity index (χ3n) is 2.72. The number of hydrogen-bond acceptors (Lipinski definition) is 6. The van der Waals surface area contributed by atoms with Crippen LogP contribution in [0.2, 0.25) is 0 Å². The molecule has 2 heterocycles. The van der Waals surface area contributed by atoms with Crippen molar-refractivity contribution >= 4 is 21.9 Å². The number of halogens is 1. The maximum absolute atomic E-state index is 11.9. The topological polar surface area (TPSA) is 78.1 Å². The fourth-order valence-electron chi connectivity index (χ4n) is 1.52. The predicted octanol–water partition coefficient (Wildman–Crippen LogP) is 2.73. The predicted molar refractivity (Wildman–Crippen MR) is 74.9 cm³/mol. The zero-order valence-electron chi connectivity index (χ0n) is 11.4. The van der Waals surface area contributed by atoms with Gasteiger partial charge in [0, 0.05) is 10.7 Å². The van der Waals surface area contributed by atoms with Gasteiger partial charge < -0.3 is 9.26 Å². The number of ether oxygens (including phenoxy) is 1. The first-order chi connectivity index (χ1) is 9.46. The molecule has 0 atom stereocenters. The molecule has 106 valence electrons. The molecule has 7 heteroatoms. The number of carbonyl (C=O) groups excluding carboxylic acids is 1.